The van der Waals surface area contributed by atoms with E-state index in [4.69, 9.17) is 0 Å². The second-order valence-electron chi connectivity index (χ2n) is 3.53. The first-order valence-electron chi connectivity index (χ1n) is 5.07. The molecule has 0 aliphatic rings. The lowest BCUT2D eigenvalue weighted by molar-refractivity contribution is 0.675. The minimum atomic E-state index is 0.847. The van der Waals surface area contributed by atoms with E-state index in [1.165, 1.54) is 5.56 Å². The Morgan fingerprint density at radius 1 is 1.53 bits per heavy atom. The van der Waals surface area contributed by atoms with Crippen LogP contribution < -0.4 is 5.32 Å². The first-order chi connectivity index (χ1) is 7.36. The van der Waals surface area contributed by atoms with Crippen LogP contribution in [0.15, 0.2) is 23.2 Å². The van der Waals surface area contributed by atoms with Crippen LogP contribution in [0.2, 0.25) is 0 Å². The molecule has 0 aromatic carbocycles. The fourth-order valence-electron chi connectivity index (χ4n) is 1.44. The SMILES string of the molecule is Cc1[nH]cnc1CNCCc1ccsc1. The van der Waals surface area contributed by atoms with E-state index in [2.05, 4.69) is 32.1 Å². The van der Waals surface area contributed by atoms with Gasteiger partial charge >= 0.3 is 0 Å². The molecular weight excluding hydrogens is 206 g/mol. The summed E-state index contributed by atoms with van der Waals surface area (Å²) in [4.78, 5) is 7.31. The van der Waals surface area contributed by atoms with Gasteiger partial charge in [-0.25, -0.2) is 4.98 Å². The average Bonchev–Trinajstić information content (AvgIpc) is 2.85. The summed E-state index contributed by atoms with van der Waals surface area (Å²) in [6, 6.07) is 2.17. The molecule has 0 fully saturated rings. The second kappa shape index (κ2) is 5.09. The number of thiophene rings is 1. The Hall–Kier alpha value is -1.13. The quantitative estimate of drug-likeness (QED) is 0.759. The molecule has 2 heterocycles. The van der Waals surface area contributed by atoms with E-state index in [-0.39, 0.29) is 0 Å². The van der Waals surface area contributed by atoms with Gasteiger partial charge in [-0.1, -0.05) is 0 Å². The summed E-state index contributed by atoms with van der Waals surface area (Å²) in [5.41, 5.74) is 3.67. The molecule has 0 aliphatic heterocycles. The third-order valence-corrected chi connectivity index (χ3v) is 3.13. The largest absolute Gasteiger partial charge is 0.348 e. The van der Waals surface area contributed by atoms with Crippen molar-refractivity contribution in [3.05, 3.63) is 40.1 Å². The zero-order valence-corrected chi connectivity index (χ0v) is 9.60. The van der Waals surface area contributed by atoms with Crippen molar-refractivity contribution in [3.8, 4) is 0 Å². The van der Waals surface area contributed by atoms with Crippen LogP contribution in [0.1, 0.15) is 17.0 Å². The highest BCUT2D eigenvalue weighted by atomic mass is 32.1. The maximum atomic E-state index is 4.23. The highest BCUT2D eigenvalue weighted by molar-refractivity contribution is 7.07. The molecule has 2 aromatic heterocycles. The van der Waals surface area contributed by atoms with Gasteiger partial charge in [0.1, 0.15) is 0 Å². The molecule has 0 atom stereocenters. The van der Waals surface area contributed by atoms with Crippen LogP contribution in [0.5, 0.6) is 0 Å². The van der Waals surface area contributed by atoms with Crippen molar-refractivity contribution in [1.29, 1.82) is 0 Å². The van der Waals surface area contributed by atoms with Crippen LogP contribution in [0.4, 0.5) is 0 Å². The third kappa shape index (κ3) is 2.91. The van der Waals surface area contributed by atoms with Gasteiger partial charge in [0.25, 0.3) is 0 Å². The smallest absolute Gasteiger partial charge is 0.0925 e. The maximum absolute atomic E-state index is 4.23. The van der Waals surface area contributed by atoms with Gasteiger partial charge in [-0.2, -0.15) is 11.3 Å². The molecular formula is C11H15N3S. The molecule has 0 spiro atoms. The molecule has 80 valence electrons. The van der Waals surface area contributed by atoms with E-state index in [1.807, 2.05) is 6.92 Å². The first kappa shape index (κ1) is 10.4. The number of hydrogen-bond donors (Lipinski definition) is 2. The Balaban J connectivity index is 1.70. The molecule has 2 aromatic rings. The number of aromatic nitrogens is 2. The van der Waals surface area contributed by atoms with Crippen molar-refractivity contribution >= 4 is 11.3 Å². The van der Waals surface area contributed by atoms with Crippen molar-refractivity contribution in [1.82, 2.24) is 15.3 Å². The van der Waals surface area contributed by atoms with Gasteiger partial charge in [0.05, 0.1) is 12.0 Å². The summed E-state index contributed by atoms with van der Waals surface area (Å²) < 4.78 is 0. The van der Waals surface area contributed by atoms with Crippen LogP contribution >= 0.6 is 11.3 Å². The Morgan fingerprint density at radius 3 is 3.13 bits per heavy atom. The highest BCUT2D eigenvalue weighted by Crippen LogP contribution is 2.06. The van der Waals surface area contributed by atoms with Gasteiger partial charge in [-0.15, -0.1) is 0 Å². The molecule has 0 amide bonds. The van der Waals surface area contributed by atoms with Crippen LogP contribution in [-0.2, 0) is 13.0 Å². The van der Waals surface area contributed by atoms with E-state index < -0.39 is 0 Å². The zero-order chi connectivity index (χ0) is 10.5. The van der Waals surface area contributed by atoms with Gasteiger partial charge in [-0.3, -0.25) is 0 Å². The van der Waals surface area contributed by atoms with Crippen molar-refractivity contribution in [2.45, 2.75) is 19.9 Å². The lowest BCUT2D eigenvalue weighted by atomic mass is 10.2. The molecule has 0 aliphatic carbocycles. The van der Waals surface area contributed by atoms with E-state index >= 15 is 0 Å². The van der Waals surface area contributed by atoms with Gasteiger partial charge in [0, 0.05) is 12.2 Å². The van der Waals surface area contributed by atoms with Gasteiger partial charge in [0.2, 0.25) is 0 Å². The summed E-state index contributed by atoms with van der Waals surface area (Å²) in [6.07, 6.45) is 2.83. The fraction of sp³-hybridized carbons (Fsp3) is 0.364. The lowest BCUT2D eigenvalue weighted by Crippen LogP contribution is -2.17. The monoisotopic (exact) mass is 221 g/mol. The number of H-pyrrole nitrogens is 1. The summed E-state index contributed by atoms with van der Waals surface area (Å²) in [5, 5.41) is 7.70. The Bertz CT molecular complexity index is 392. The summed E-state index contributed by atoms with van der Waals surface area (Å²) in [5.74, 6) is 0. The number of imidazole rings is 1. The second-order valence-corrected chi connectivity index (χ2v) is 4.31. The van der Waals surface area contributed by atoms with Crippen molar-refractivity contribution in [2.24, 2.45) is 0 Å². The standard InChI is InChI=1S/C11H15N3S/c1-9-11(14-8-13-9)6-12-4-2-10-3-5-15-7-10/h3,5,7-8,12H,2,4,6H2,1H3,(H,13,14). The predicted molar refractivity (Wildman–Crippen MR) is 63.1 cm³/mol. The number of aryl methyl sites for hydroxylation is 1. The minimum Gasteiger partial charge on any atom is -0.348 e. The number of rotatable bonds is 5. The lowest BCUT2D eigenvalue weighted by Gasteiger charge is -2.02. The summed E-state index contributed by atoms with van der Waals surface area (Å²) in [7, 11) is 0. The molecule has 0 bridgehead atoms. The molecule has 15 heavy (non-hydrogen) atoms. The molecule has 0 radical (unpaired) electrons. The van der Waals surface area contributed by atoms with Crippen LogP contribution in [0.3, 0.4) is 0 Å². The van der Waals surface area contributed by atoms with Crippen molar-refractivity contribution in [2.75, 3.05) is 6.54 Å². The Kier molecular flexibility index (Phi) is 3.53. The number of nitrogens with one attached hydrogen (secondary N) is 2. The Labute approximate surface area is 93.6 Å². The maximum Gasteiger partial charge on any atom is 0.0925 e. The fourth-order valence-corrected chi connectivity index (χ4v) is 2.14. The van der Waals surface area contributed by atoms with Crippen molar-refractivity contribution < 1.29 is 0 Å². The van der Waals surface area contributed by atoms with Crippen LogP contribution in [-0.4, -0.2) is 16.5 Å². The minimum absolute atomic E-state index is 0.847. The van der Waals surface area contributed by atoms with Gasteiger partial charge in [-0.05, 0) is 42.3 Å². The Morgan fingerprint density at radius 2 is 2.47 bits per heavy atom. The van der Waals surface area contributed by atoms with Crippen molar-refractivity contribution in [3.63, 3.8) is 0 Å². The van der Waals surface area contributed by atoms with E-state index in [9.17, 15) is 0 Å². The molecule has 3 nitrogen and oxygen atoms in total. The number of aromatic amines is 1. The third-order valence-electron chi connectivity index (χ3n) is 2.40. The first-order valence-corrected chi connectivity index (χ1v) is 6.01. The zero-order valence-electron chi connectivity index (χ0n) is 8.79. The van der Waals surface area contributed by atoms with Crippen LogP contribution in [0.25, 0.3) is 0 Å². The number of hydrogen-bond acceptors (Lipinski definition) is 3. The van der Waals surface area contributed by atoms with E-state index in [0.717, 1.165) is 30.9 Å². The topological polar surface area (TPSA) is 40.7 Å². The van der Waals surface area contributed by atoms with E-state index in [0.29, 0.717) is 0 Å². The predicted octanol–water partition coefficient (Wildman–Crippen LogP) is 2.11. The molecule has 0 saturated carbocycles. The molecule has 0 saturated heterocycles. The summed E-state index contributed by atoms with van der Waals surface area (Å²) >= 11 is 1.75. The van der Waals surface area contributed by atoms with Gasteiger partial charge in [0.15, 0.2) is 0 Å². The summed E-state index contributed by atoms with van der Waals surface area (Å²) in [6.45, 7) is 3.89. The molecule has 2 N–H and O–H groups in total. The van der Waals surface area contributed by atoms with Gasteiger partial charge < -0.3 is 10.3 Å². The normalized spacial score (nSPS) is 10.7. The molecule has 2 rings (SSSR count). The highest BCUT2D eigenvalue weighted by Gasteiger charge is 1.99. The van der Waals surface area contributed by atoms with Crippen LogP contribution in [0, 0.1) is 6.92 Å². The molecule has 4 heteroatoms. The number of nitrogens with zero attached hydrogens (tertiary/aromatic N) is 1. The molecule has 0 unspecified atom stereocenters. The average molecular weight is 221 g/mol. The van der Waals surface area contributed by atoms with E-state index in [1.54, 1.807) is 17.7 Å².